The SMILES string of the molecule is CNCC(COC)C1CCC1. The summed E-state index contributed by atoms with van der Waals surface area (Å²) in [5, 5.41) is 3.22. The van der Waals surface area contributed by atoms with E-state index in [4.69, 9.17) is 4.74 Å². The minimum absolute atomic E-state index is 0.749. The van der Waals surface area contributed by atoms with Gasteiger partial charge in [0, 0.05) is 13.7 Å². The molecule has 0 spiro atoms. The molecule has 11 heavy (non-hydrogen) atoms. The van der Waals surface area contributed by atoms with Gasteiger partial charge in [-0.3, -0.25) is 0 Å². The maximum Gasteiger partial charge on any atom is 0.0505 e. The molecule has 0 amide bonds. The molecule has 0 aromatic rings. The molecule has 0 aliphatic heterocycles. The van der Waals surface area contributed by atoms with E-state index in [0.29, 0.717) is 0 Å². The van der Waals surface area contributed by atoms with Gasteiger partial charge < -0.3 is 10.1 Å². The highest BCUT2D eigenvalue weighted by Gasteiger charge is 2.26. The zero-order valence-electron chi connectivity index (χ0n) is 7.60. The van der Waals surface area contributed by atoms with Crippen LogP contribution in [0.1, 0.15) is 19.3 Å². The molecule has 0 aromatic heterocycles. The van der Waals surface area contributed by atoms with Crippen molar-refractivity contribution < 1.29 is 4.74 Å². The molecule has 1 fully saturated rings. The van der Waals surface area contributed by atoms with Crippen LogP contribution in [0.4, 0.5) is 0 Å². The second kappa shape index (κ2) is 4.73. The Kier molecular flexibility index (Phi) is 3.87. The normalized spacial score (nSPS) is 21.3. The third-order valence-electron chi connectivity index (χ3n) is 2.66. The number of ether oxygens (including phenoxy) is 1. The van der Waals surface area contributed by atoms with Gasteiger partial charge in [0.2, 0.25) is 0 Å². The predicted octanol–water partition coefficient (Wildman–Crippen LogP) is 1.27. The Labute approximate surface area is 69.3 Å². The molecule has 1 N–H and O–H groups in total. The van der Waals surface area contributed by atoms with E-state index in [9.17, 15) is 0 Å². The van der Waals surface area contributed by atoms with E-state index >= 15 is 0 Å². The van der Waals surface area contributed by atoms with Gasteiger partial charge in [-0.05, 0) is 18.9 Å². The Morgan fingerprint density at radius 2 is 2.27 bits per heavy atom. The summed E-state index contributed by atoms with van der Waals surface area (Å²) in [5.74, 6) is 1.68. The van der Waals surface area contributed by atoms with E-state index in [-0.39, 0.29) is 0 Å². The molecular weight excluding hydrogens is 138 g/mol. The number of nitrogens with one attached hydrogen (secondary N) is 1. The fraction of sp³-hybridized carbons (Fsp3) is 1.00. The Balaban J connectivity index is 2.19. The standard InChI is InChI=1S/C9H19NO/c1-10-6-9(7-11-2)8-4-3-5-8/h8-10H,3-7H2,1-2H3. The smallest absolute Gasteiger partial charge is 0.0505 e. The van der Waals surface area contributed by atoms with Crippen LogP contribution in [-0.4, -0.2) is 27.3 Å². The van der Waals surface area contributed by atoms with Crippen molar-refractivity contribution in [3.8, 4) is 0 Å². The van der Waals surface area contributed by atoms with Gasteiger partial charge in [-0.2, -0.15) is 0 Å². The van der Waals surface area contributed by atoms with Crippen LogP contribution in [0.5, 0.6) is 0 Å². The highest BCUT2D eigenvalue weighted by atomic mass is 16.5. The lowest BCUT2D eigenvalue weighted by molar-refractivity contribution is 0.0884. The van der Waals surface area contributed by atoms with Gasteiger partial charge >= 0.3 is 0 Å². The first-order valence-electron chi connectivity index (χ1n) is 4.52. The van der Waals surface area contributed by atoms with Crippen LogP contribution in [-0.2, 0) is 4.74 Å². The Bertz CT molecular complexity index is 95.7. The van der Waals surface area contributed by atoms with Gasteiger partial charge in [0.05, 0.1) is 6.61 Å². The average Bonchev–Trinajstić information content (AvgIpc) is 1.85. The second-order valence-corrected chi connectivity index (χ2v) is 3.46. The van der Waals surface area contributed by atoms with Crippen LogP contribution in [0.25, 0.3) is 0 Å². The van der Waals surface area contributed by atoms with Gasteiger partial charge in [-0.1, -0.05) is 19.3 Å². The van der Waals surface area contributed by atoms with E-state index in [1.54, 1.807) is 7.11 Å². The van der Waals surface area contributed by atoms with Crippen molar-refractivity contribution in [2.24, 2.45) is 11.8 Å². The van der Waals surface area contributed by atoms with E-state index in [0.717, 1.165) is 25.0 Å². The van der Waals surface area contributed by atoms with Crippen molar-refractivity contribution in [3.05, 3.63) is 0 Å². The van der Waals surface area contributed by atoms with Crippen molar-refractivity contribution in [2.75, 3.05) is 27.3 Å². The van der Waals surface area contributed by atoms with Gasteiger partial charge in [0.25, 0.3) is 0 Å². The van der Waals surface area contributed by atoms with Crippen molar-refractivity contribution in [2.45, 2.75) is 19.3 Å². The number of hydrogen-bond acceptors (Lipinski definition) is 2. The Morgan fingerprint density at radius 3 is 2.64 bits per heavy atom. The van der Waals surface area contributed by atoms with Gasteiger partial charge in [0.1, 0.15) is 0 Å². The molecule has 0 heterocycles. The minimum atomic E-state index is 0.749. The summed E-state index contributed by atoms with van der Waals surface area (Å²) in [6.07, 6.45) is 4.25. The van der Waals surface area contributed by atoms with Gasteiger partial charge in [0.15, 0.2) is 0 Å². The molecule has 0 aromatic carbocycles. The molecular formula is C9H19NO. The first-order valence-corrected chi connectivity index (χ1v) is 4.52. The van der Waals surface area contributed by atoms with Crippen LogP contribution in [0.3, 0.4) is 0 Å². The van der Waals surface area contributed by atoms with E-state index in [1.807, 2.05) is 7.05 Å². The molecule has 66 valence electrons. The van der Waals surface area contributed by atoms with E-state index in [2.05, 4.69) is 5.32 Å². The van der Waals surface area contributed by atoms with Gasteiger partial charge in [-0.15, -0.1) is 0 Å². The third kappa shape index (κ3) is 2.46. The zero-order chi connectivity index (χ0) is 8.10. The van der Waals surface area contributed by atoms with Crippen molar-refractivity contribution >= 4 is 0 Å². The average molecular weight is 157 g/mol. The molecule has 2 heteroatoms. The van der Waals surface area contributed by atoms with Crippen molar-refractivity contribution in [1.29, 1.82) is 0 Å². The molecule has 0 bridgehead atoms. The second-order valence-electron chi connectivity index (χ2n) is 3.46. The zero-order valence-corrected chi connectivity index (χ0v) is 7.60. The summed E-state index contributed by atoms with van der Waals surface area (Å²) in [6, 6.07) is 0. The minimum Gasteiger partial charge on any atom is -0.384 e. The van der Waals surface area contributed by atoms with Crippen molar-refractivity contribution in [1.82, 2.24) is 5.32 Å². The number of methoxy groups -OCH3 is 1. The summed E-state index contributed by atoms with van der Waals surface area (Å²) in [7, 11) is 3.81. The van der Waals surface area contributed by atoms with Crippen LogP contribution >= 0.6 is 0 Å². The molecule has 1 rings (SSSR count). The molecule has 2 nitrogen and oxygen atoms in total. The summed E-state index contributed by atoms with van der Waals surface area (Å²) in [5.41, 5.74) is 0. The lowest BCUT2D eigenvalue weighted by Crippen LogP contribution is -2.33. The molecule has 1 saturated carbocycles. The van der Waals surface area contributed by atoms with Crippen LogP contribution in [0, 0.1) is 11.8 Å². The van der Waals surface area contributed by atoms with Crippen molar-refractivity contribution in [3.63, 3.8) is 0 Å². The quantitative estimate of drug-likeness (QED) is 0.649. The van der Waals surface area contributed by atoms with E-state index < -0.39 is 0 Å². The Morgan fingerprint density at radius 1 is 1.55 bits per heavy atom. The lowest BCUT2D eigenvalue weighted by atomic mass is 9.76. The first-order chi connectivity index (χ1) is 5.38. The molecule has 1 atom stereocenters. The molecule has 1 aliphatic rings. The summed E-state index contributed by atoms with van der Waals surface area (Å²) < 4.78 is 5.17. The fourth-order valence-corrected chi connectivity index (χ4v) is 1.75. The summed E-state index contributed by atoms with van der Waals surface area (Å²) >= 11 is 0. The van der Waals surface area contributed by atoms with E-state index in [1.165, 1.54) is 19.3 Å². The largest absolute Gasteiger partial charge is 0.384 e. The molecule has 1 unspecified atom stereocenters. The monoisotopic (exact) mass is 157 g/mol. The summed E-state index contributed by atoms with van der Waals surface area (Å²) in [4.78, 5) is 0. The number of rotatable bonds is 5. The predicted molar refractivity (Wildman–Crippen MR) is 46.6 cm³/mol. The maximum absolute atomic E-state index is 5.17. The maximum atomic E-state index is 5.17. The first kappa shape index (κ1) is 9.01. The number of hydrogen-bond donors (Lipinski definition) is 1. The molecule has 0 saturated heterocycles. The van der Waals surface area contributed by atoms with Crippen LogP contribution in [0.2, 0.25) is 0 Å². The lowest BCUT2D eigenvalue weighted by Gasteiger charge is -2.33. The topological polar surface area (TPSA) is 21.3 Å². The molecule has 0 radical (unpaired) electrons. The van der Waals surface area contributed by atoms with Crippen LogP contribution in [0.15, 0.2) is 0 Å². The highest BCUT2D eigenvalue weighted by Crippen LogP contribution is 2.33. The highest BCUT2D eigenvalue weighted by molar-refractivity contribution is 4.78. The Hall–Kier alpha value is -0.0800. The fourth-order valence-electron chi connectivity index (χ4n) is 1.75. The summed E-state index contributed by atoms with van der Waals surface area (Å²) in [6.45, 7) is 2.03. The third-order valence-corrected chi connectivity index (χ3v) is 2.66. The van der Waals surface area contributed by atoms with Gasteiger partial charge in [-0.25, -0.2) is 0 Å². The molecule has 1 aliphatic carbocycles. The van der Waals surface area contributed by atoms with Crippen LogP contribution < -0.4 is 5.32 Å².